The van der Waals surface area contributed by atoms with Gasteiger partial charge < -0.3 is 5.11 Å². The number of aryl methyl sites for hydroxylation is 2. The van der Waals surface area contributed by atoms with E-state index in [1.54, 1.807) is 16.6 Å². The lowest BCUT2D eigenvalue weighted by molar-refractivity contribution is -0.136. The molecular formula is C15H14FN3O2. The molecule has 0 amide bonds. The Kier molecular flexibility index (Phi) is 3.08. The van der Waals surface area contributed by atoms with E-state index in [9.17, 15) is 9.18 Å². The molecule has 2 heterocycles. The van der Waals surface area contributed by atoms with Crippen LogP contribution in [-0.2, 0) is 11.2 Å². The first-order valence-corrected chi connectivity index (χ1v) is 6.64. The molecular weight excluding hydrogens is 273 g/mol. The summed E-state index contributed by atoms with van der Waals surface area (Å²) in [4.78, 5) is 15.2. The fourth-order valence-electron chi connectivity index (χ4n) is 2.63. The summed E-state index contributed by atoms with van der Waals surface area (Å²) in [6.07, 6.45) is 0.415. The molecule has 5 nitrogen and oxygen atoms in total. The molecule has 2 aromatic heterocycles. The molecule has 0 aliphatic rings. The first-order valence-electron chi connectivity index (χ1n) is 6.64. The third-order valence-electron chi connectivity index (χ3n) is 3.68. The Bertz CT molecular complexity index is 870. The van der Waals surface area contributed by atoms with Gasteiger partial charge in [-0.2, -0.15) is 5.10 Å². The quantitative estimate of drug-likeness (QED) is 0.804. The number of carboxylic acids is 1. The van der Waals surface area contributed by atoms with E-state index in [0.29, 0.717) is 28.7 Å². The Balaban J connectivity index is 2.28. The number of hydrogen-bond acceptors (Lipinski definition) is 3. The zero-order valence-corrected chi connectivity index (χ0v) is 11.7. The monoisotopic (exact) mass is 287 g/mol. The van der Waals surface area contributed by atoms with Gasteiger partial charge in [0.05, 0.1) is 10.9 Å². The lowest BCUT2D eigenvalue weighted by Crippen LogP contribution is -2.07. The number of carbonyl (C=O) groups is 1. The third-order valence-corrected chi connectivity index (χ3v) is 3.68. The van der Waals surface area contributed by atoms with E-state index in [-0.39, 0.29) is 12.2 Å². The Morgan fingerprint density at radius 3 is 2.86 bits per heavy atom. The highest BCUT2D eigenvalue weighted by molar-refractivity contribution is 5.92. The van der Waals surface area contributed by atoms with Gasteiger partial charge in [0, 0.05) is 17.8 Å². The zero-order chi connectivity index (χ0) is 15.1. The molecule has 0 atom stereocenters. The summed E-state index contributed by atoms with van der Waals surface area (Å²) in [6.45, 7) is 3.66. The summed E-state index contributed by atoms with van der Waals surface area (Å²) in [7, 11) is 0. The van der Waals surface area contributed by atoms with Crippen LogP contribution in [0.5, 0.6) is 0 Å². The number of carboxylic acid groups (broad SMARTS) is 1. The van der Waals surface area contributed by atoms with E-state index in [1.807, 2.05) is 13.8 Å². The summed E-state index contributed by atoms with van der Waals surface area (Å²) in [5.41, 5.74) is 3.37. The number of rotatable bonds is 3. The maximum atomic E-state index is 14.0. The summed E-state index contributed by atoms with van der Waals surface area (Å²) >= 11 is 0. The summed E-state index contributed by atoms with van der Waals surface area (Å²) in [5.74, 6) is -1.21. The highest BCUT2D eigenvalue weighted by Crippen LogP contribution is 2.25. The minimum Gasteiger partial charge on any atom is -0.481 e. The van der Waals surface area contributed by atoms with Crippen molar-refractivity contribution < 1.29 is 14.3 Å². The second-order valence-corrected chi connectivity index (χ2v) is 5.02. The van der Waals surface area contributed by atoms with E-state index in [0.717, 1.165) is 11.3 Å². The van der Waals surface area contributed by atoms with Crippen LogP contribution in [0.3, 0.4) is 0 Å². The molecule has 0 saturated carbocycles. The van der Waals surface area contributed by atoms with Gasteiger partial charge in [-0.1, -0.05) is 6.07 Å². The SMILES string of the molecule is Cc1nc2c3c(F)cccc3nn2c(C)c1CCC(=O)O. The van der Waals surface area contributed by atoms with Gasteiger partial charge in [-0.25, -0.2) is 13.9 Å². The number of aliphatic carboxylic acids is 1. The van der Waals surface area contributed by atoms with Crippen LogP contribution in [0.4, 0.5) is 4.39 Å². The molecule has 0 aliphatic carbocycles. The molecule has 108 valence electrons. The van der Waals surface area contributed by atoms with Crippen LogP contribution >= 0.6 is 0 Å². The van der Waals surface area contributed by atoms with Crippen LogP contribution in [0.1, 0.15) is 23.4 Å². The van der Waals surface area contributed by atoms with Gasteiger partial charge in [-0.05, 0) is 38.0 Å². The van der Waals surface area contributed by atoms with Gasteiger partial charge in [0.1, 0.15) is 5.82 Å². The first-order chi connectivity index (χ1) is 9.99. The maximum Gasteiger partial charge on any atom is 0.303 e. The van der Waals surface area contributed by atoms with Crippen molar-refractivity contribution in [3.8, 4) is 0 Å². The molecule has 1 aromatic carbocycles. The summed E-state index contributed by atoms with van der Waals surface area (Å²) in [6, 6.07) is 4.73. The van der Waals surface area contributed by atoms with E-state index in [4.69, 9.17) is 5.11 Å². The molecule has 1 N–H and O–H groups in total. The fourth-order valence-corrected chi connectivity index (χ4v) is 2.63. The van der Waals surface area contributed by atoms with Crippen LogP contribution < -0.4 is 0 Å². The molecule has 3 aromatic rings. The van der Waals surface area contributed by atoms with E-state index in [2.05, 4.69) is 10.1 Å². The Labute approximate surface area is 120 Å². The predicted molar refractivity (Wildman–Crippen MR) is 75.9 cm³/mol. The third kappa shape index (κ3) is 2.12. The van der Waals surface area contributed by atoms with Gasteiger partial charge in [0.15, 0.2) is 5.65 Å². The van der Waals surface area contributed by atoms with Gasteiger partial charge in [0.2, 0.25) is 0 Å². The number of nitrogens with zero attached hydrogens (tertiary/aromatic N) is 3. The molecule has 0 saturated heterocycles. The molecule has 0 unspecified atom stereocenters. The molecule has 0 bridgehead atoms. The molecule has 21 heavy (non-hydrogen) atoms. The van der Waals surface area contributed by atoms with Gasteiger partial charge in [0.25, 0.3) is 0 Å². The highest BCUT2D eigenvalue weighted by atomic mass is 19.1. The average molecular weight is 287 g/mol. The number of benzene rings is 1. The molecule has 0 spiro atoms. The molecule has 3 rings (SSSR count). The van der Waals surface area contributed by atoms with Crippen LogP contribution in [0, 0.1) is 19.7 Å². The lowest BCUT2D eigenvalue weighted by Gasteiger charge is -2.09. The second-order valence-electron chi connectivity index (χ2n) is 5.02. The normalized spacial score (nSPS) is 11.4. The van der Waals surface area contributed by atoms with Gasteiger partial charge in [-0.3, -0.25) is 4.79 Å². The van der Waals surface area contributed by atoms with Crippen molar-refractivity contribution in [1.82, 2.24) is 14.6 Å². The lowest BCUT2D eigenvalue weighted by atomic mass is 10.1. The van der Waals surface area contributed by atoms with Crippen molar-refractivity contribution in [3.05, 3.63) is 41.0 Å². The smallest absolute Gasteiger partial charge is 0.303 e. The zero-order valence-electron chi connectivity index (χ0n) is 11.7. The molecule has 6 heteroatoms. The maximum absolute atomic E-state index is 14.0. The van der Waals surface area contributed by atoms with Crippen LogP contribution in [0.2, 0.25) is 0 Å². The summed E-state index contributed by atoms with van der Waals surface area (Å²) < 4.78 is 15.6. The van der Waals surface area contributed by atoms with E-state index < -0.39 is 5.97 Å². The minimum absolute atomic E-state index is 0.0318. The van der Waals surface area contributed by atoms with Crippen molar-refractivity contribution >= 4 is 22.5 Å². The summed E-state index contributed by atoms with van der Waals surface area (Å²) in [5, 5.41) is 13.6. The van der Waals surface area contributed by atoms with Crippen molar-refractivity contribution in [2.24, 2.45) is 0 Å². The minimum atomic E-state index is -0.856. The predicted octanol–water partition coefficient (Wildman–Crippen LogP) is 2.66. The molecule has 0 aliphatic heterocycles. The van der Waals surface area contributed by atoms with Gasteiger partial charge in [-0.15, -0.1) is 0 Å². The van der Waals surface area contributed by atoms with Gasteiger partial charge >= 0.3 is 5.97 Å². The number of aromatic nitrogens is 3. The number of hydrogen-bond donors (Lipinski definition) is 1. The Morgan fingerprint density at radius 1 is 1.38 bits per heavy atom. The standard InChI is InChI=1S/C15H14FN3O2/c1-8-10(6-7-13(20)21)9(2)19-15(17-8)14-11(16)4-3-5-12(14)18-19/h3-5H,6-7H2,1-2H3,(H,20,21). The fraction of sp³-hybridized carbons (Fsp3) is 0.267. The van der Waals surface area contributed by atoms with Crippen molar-refractivity contribution in [2.45, 2.75) is 26.7 Å². The van der Waals surface area contributed by atoms with Crippen molar-refractivity contribution in [2.75, 3.05) is 0 Å². The van der Waals surface area contributed by atoms with E-state index in [1.165, 1.54) is 6.07 Å². The highest BCUT2D eigenvalue weighted by Gasteiger charge is 2.16. The average Bonchev–Trinajstić information content (AvgIpc) is 2.78. The topological polar surface area (TPSA) is 67.5 Å². The van der Waals surface area contributed by atoms with Crippen LogP contribution in [-0.4, -0.2) is 25.7 Å². The van der Waals surface area contributed by atoms with E-state index >= 15 is 0 Å². The van der Waals surface area contributed by atoms with Crippen LogP contribution in [0.25, 0.3) is 16.6 Å². The molecule has 0 fully saturated rings. The van der Waals surface area contributed by atoms with Crippen LogP contribution in [0.15, 0.2) is 18.2 Å². The Hall–Kier alpha value is -2.50. The largest absolute Gasteiger partial charge is 0.481 e. The Morgan fingerprint density at radius 2 is 2.14 bits per heavy atom. The van der Waals surface area contributed by atoms with Crippen molar-refractivity contribution in [3.63, 3.8) is 0 Å². The number of fused-ring (bicyclic) bond motifs is 3. The second kappa shape index (κ2) is 4.80. The molecule has 0 radical (unpaired) electrons. The first kappa shape index (κ1) is 13.5. The van der Waals surface area contributed by atoms with Crippen molar-refractivity contribution in [1.29, 1.82) is 0 Å². The number of halogens is 1.